The Morgan fingerprint density at radius 3 is 2.83 bits per heavy atom. The minimum Gasteiger partial charge on any atom is -0.466 e. The van der Waals surface area contributed by atoms with Crippen molar-refractivity contribution in [3.63, 3.8) is 0 Å². The zero-order valence-electron chi connectivity index (χ0n) is 16.2. The number of benzene rings is 1. The van der Waals surface area contributed by atoms with E-state index in [1.54, 1.807) is 6.07 Å². The molecule has 1 N–H and O–H groups in total. The molecule has 3 unspecified atom stereocenters. The highest BCUT2D eigenvalue weighted by molar-refractivity contribution is 6.01. The molecule has 7 nitrogen and oxygen atoms in total. The smallest absolute Gasteiger partial charge is 0.348 e. The summed E-state index contributed by atoms with van der Waals surface area (Å²) in [6.07, 6.45) is 2.22. The Kier molecular flexibility index (Phi) is 3.89. The first-order valence-corrected chi connectivity index (χ1v) is 9.31. The fourth-order valence-corrected chi connectivity index (χ4v) is 4.25. The number of pyridine rings is 2. The third kappa shape index (κ3) is 2.35. The summed E-state index contributed by atoms with van der Waals surface area (Å²) in [6.45, 7) is 1.85. The highest BCUT2D eigenvalue weighted by atomic mass is 16.7. The molecule has 4 heterocycles. The Morgan fingerprint density at radius 2 is 2.07 bits per heavy atom. The molecular formula is C22H20N2O5. The minimum atomic E-state index is -2.09. The van der Waals surface area contributed by atoms with Crippen LogP contribution in [0.3, 0.4) is 0 Å². The topological polar surface area (TPSA) is 82.3 Å². The molecule has 1 aromatic carbocycles. The number of nitrogens with zero attached hydrogens (tertiary/aromatic N) is 2. The van der Waals surface area contributed by atoms with Gasteiger partial charge in [0, 0.05) is 41.6 Å². The lowest BCUT2D eigenvalue weighted by Gasteiger charge is -2.40. The van der Waals surface area contributed by atoms with Crippen molar-refractivity contribution in [3.8, 4) is 11.3 Å². The van der Waals surface area contributed by atoms with Gasteiger partial charge in [-0.25, -0.2) is 9.78 Å². The van der Waals surface area contributed by atoms with Crippen LogP contribution in [0.1, 0.15) is 24.2 Å². The molecule has 7 heteroatoms. The number of aliphatic hydroxyl groups is 1. The van der Waals surface area contributed by atoms with Gasteiger partial charge in [-0.05, 0) is 25.1 Å². The maximum Gasteiger partial charge on any atom is 0.348 e. The summed E-state index contributed by atoms with van der Waals surface area (Å²) in [5.41, 5.74) is 2.44. The van der Waals surface area contributed by atoms with E-state index < -0.39 is 17.9 Å². The third-order valence-corrected chi connectivity index (χ3v) is 5.70. The SMILES string of the molecule is COC(=O)C1(O)c2cc3c4nc5ccccc5c-4ccn3cc2C(C)OC1OC. The number of fused-ring (bicyclic) bond motifs is 6. The van der Waals surface area contributed by atoms with Crippen molar-refractivity contribution in [1.82, 2.24) is 9.38 Å². The molecule has 3 atom stereocenters. The molecule has 5 rings (SSSR count). The van der Waals surface area contributed by atoms with E-state index in [0.717, 1.165) is 27.7 Å². The lowest BCUT2D eigenvalue weighted by Crippen LogP contribution is -2.53. The van der Waals surface area contributed by atoms with E-state index >= 15 is 0 Å². The molecule has 0 bridgehead atoms. The van der Waals surface area contributed by atoms with Gasteiger partial charge in [0.25, 0.3) is 0 Å². The van der Waals surface area contributed by atoms with Crippen molar-refractivity contribution in [2.24, 2.45) is 0 Å². The molecule has 1 aromatic heterocycles. The fourth-order valence-electron chi connectivity index (χ4n) is 4.25. The van der Waals surface area contributed by atoms with Crippen LogP contribution in [0.25, 0.3) is 27.7 Å². The first-order valence-electron chi connectivity index (χ1n) is 9.31. The van der Waals surface area contributed by atoms with Crippen LogP contribution >= 0.6 is 0 Å². The van der Waals surface area contributed by atoms with Crippen LogP contribution in [0.5, 0.6) is 0 Å². The second-order valence-electron chi connectivity index (χ2n) is 7.25. The molecule has 0 radical (unpaired) electrons. The summed E-state index contributed by atoms with van der Waals surface area (Å²) >= 11 is 0. The van der Waals surface area contributed by atoms with Crippen molar-refractivity contribution < 1.29 is 24.1 Å². The maximum atomic E-state index is 12.6. The van der Waals surface area contributed by atoms with Gasteiger partial charge in [0.05, 0.1) is 29.9 Å². The first-order chi connectivity index (χ1) is 14.0. The molecule has 3 aliphatic rings. The Hall–Kier alpha value is -3.00. The van der Waals surface area contributed by atoms with Gasteiger partial charge >= 0.3 is 5.97 Å². The van der Waals surface area contributed by atoms with Crippen LogP contribution < -0.4 is 0 Å². The Morgan fingerprint density at radius 1 is 1.28 bits per heavy atom. The van der Waals surface area contributed by atoms with Crippen molar-refractivity contribution >= 4 is 22.4 Å². The molecule has 148 valence electrons. The lowest BCUT2D eigenvalue weighted by molar-refractivity contribution is -0.262. The molecule has 2 aromatic rings. The fraction of sp³-hybridized carbons (Fsp3) is 0.273. The number of carbonyl (C=O) groups is 1. The van der Waals surface area contributed by atoms with Crippen LogP contribution in [-0.2, 0) is 24.6 Å². The summed E-state index contributed by atoms with van der Waals surface area (Å²) in [5, 5.41) is 12.4. The van der Waals surface area contributed by atoms with E-state index in [2.05, 4.69) is 0 Å². The van der Waals surface area contributed by atoms with Gasteiger partial charge in [-0.2, -0.15) is 0 Å². The summed E-state index contributed by atoms with van der Waals surface area (Å²) in [7, 11) is 2.61. The van der Waals surface area contributed by atoms with Crippen molar-refractivity contribution in [3.05, 3.63) is 59.9 Å². The van der Waals surface area contributed by atoms with Gasteiger partial charge in [0.1, 0.15) is 0 Å². The predicted molar refractivity (Wildman–Crippen MR) is 106 cm³/mol. The highest BCUT2D eigenvalue weighted by Crippen LogP contribution is 2.44. The zero-order chi connectivity index (χ0) is 20.3. The average molecular weight is 392 g/mol. The maximum absolute atomic E-state index is 12.6. The first kappa shape index (κ1) is 18.1. The normalized spacial score (nSPS) is 24.1. The van der Waals surface area contributed by atoms with E-state index in [1.165, 1.54) is 14.2 Å². The van der Waals surface area contributed by atoms with Gasteiger partial charge < -0.3 is 23.7 Å². The van der Waals surface area contributed by atoms with Crippen molar-refractivity contribution in [2.75, 3.05) is 14.2 Å². The molecule has 0 aliphatic carbocycles. The largest absolute Gasteiger partial charge is 0.466 e. The zero-order valence-corrected chi connectivity index (χ0v) is 16.2. The molecule has 0 spiro atoms. The molecule has 0 saturated carbocycles. The summed E-state index contributed by atoms with van der Waals surface area (Å²) in [4.78, 5) is 17.4. The van der Waals surface area contributed by atoms with Gasteiger partial charge in [-0.1, -0.05) is 18.2 Å². The Labute approximate surface area is 166 Å². The molecule has 3 aliphatic heterocycles. The second kappa shape index (κ2) is 6.25. The van der Waals surface area contributed by atoms with Crippen LogP contribution in [0, 0.1) is 0 Å². The number of ether oxygens (including phenoxy) is 3. The van der Waals surface area contributed by atoms with Gasteiger partial charge in [-0.15, -0.1) is 0 Å². The number of aromatic nitrogens is 2. The molecule has 29 heavy (non-hydrogen) atoms. The number of rotatable bonds is 2. The van der Waals surface area contributed by atoms with Crippen LogP contribution in [0.4, 0.5) is 0 Å². The van der Waals surface area contributed by atoms with Crippen LogP contribution in [0.15, 0.2) is 48.8 Å². The van der Waals surface area contributed by atoms with Crippen molar-refractivity contribution in [1.29, 1.82) is 0 Å². The molecule has 0 saturated heterocycles. The van der Waals surface area contributed by atoms with Crippen LogP contribution in [0.2, 0.25) is 0 Å². The number of esters is 1. The number of hydrogen-bond acceptors (Lipinski definition) is 6. The highest BCUT2D eigenvalue weighted by Gasteiger charge is 2.54. The van der Waals surface area contributed by atoms with Gasteiger partial charge in [-0.3, -0.25) is 0 Å². The van der Waals surface area contributed by atoms with E-state index in [1.807, 2.05) is 54.0 Å². The predicted octanol–water partition coefficient (Wildman–Crippen LogP) is 3.02. The molecule has 0 amide bonds. The molecule has 0 fully saturated rings. The minimum absolute atomic E-state index is 0.390. The summed E-state index contributed by atoms with van der Waals surface area (Å²) < 4.78 is 17.9. The van der Waals surface area contributed by atoms with E-state index in [4.69, 9.17) is 19.2 Å². The Balaban J connectivity index is 1.85. The van der Waals surface area contributed by atoms with E-state index in [-0.39, 0.29) is 6.10 Å². The summed E-state index contributed by atoms with van der Waals surface area (Å²) in [6, 6.07) is 11.7. The summed E-state index contributed by atoms with van der Waals surface area (Å²) in [5.74, 6) is -0.838. The second-order valence-corrected chi connectivity index (χ2v) is 7.25. The Bertz CT molecular complexity index is 1230. The van der Waals surface area contributed by atoms with Gasteiger partial charge in [0.15, 0.2) is 0 Å². The third-order valence-electron chi connectivity index (χ3n) is 5.70. The number of methoxy groups -OCH3 is 2. The van der Waals surface area contributed by atoms with Gasteiger partial charge in [0.2, 0.25) is 11.9 Å². The van der Waals surface area contributed by atoms with Crippen LogP contribution in [-0.4, -0.2) is 41.0 Å². The lowest BCUT2D eigenvalue weighted by atomic mass is 9.85. The quantitative estimate of drug-likeness (QED) is 0.528. The van der Waals surface area contributed by atoms with E-state index in [0.29, 0.717) is 11.1 Å². The number of para-hydroxylation sites is 1. The number of carbonyl (C=O) groups excluding carboxylic acids is 1. The van der Waals surface area contributed by atoms with Crippen molar-refractivity contribution in [2.45, 2.75) is 24.9 Å². The molecular weight excluding hydrogens is 372 g/mol. The standard InChI is InChI=1S/C22H20N2O5/c1-12-15-11-24-9-8-14-13-6-4-5-7-17(13)23-19(14)18(24)10-16(15)22(26,20(25)27-2)21(28-3)29-12/h4-12,21,26H,1-3H3. The van der Waals surface area contributed by atoms with E-state index in [9.17, 15) is 9.90 Å². The monoisotopic (exact) mass is 392 g/mol. The average Bonchev–Trinajstić information content (AvgIpc) is 3.13. The number of hydrogen-bond donors (Lipinski definition) is 1.